The zero-order valence-corrected chi connectivity index (χ0v) is 13.7. The van der Waals surface area contributed by atoms with Crippen molar-refractivity contribution in [2.75, 3.05) is 20.1 Å². The van der Waals surface area contributed by atoms with E-state index in [1.165, 1.54) is 5.56 Å². The van der Waals surface area contributed by atoms with E-state index in [0.29, 0.717) is 0 Å². The van der Waals surface area contributed by atoms with Crippen LogP contribution in [-0.2, 0) is 4.79 Å². The number of thioether (sulfide) groups is 1. The highest BCUT2D eigenvalue weighted by Crippen LogP contribution is 2.23. The molecule has 114 valence electrons. The molecule has 2 rings (SSSR count). The summed E-state index contributed by atoms with van der Waals surface area (Å²) in [5, 5.41) is 4.12. The third-order valence-electron chi connectivity index (χ3n) is 3.59. The predicted octanol–water partition coefficient (Wildman–Crippen LogP) is 2.67. The second-order valence-electron chi connectivity index (χ2n) is 5.53. The molecule has 0 aromatic heterocycles. The van der Waals surface area contributed by atoms with Crippen LogP contribution in [0.3, 0.4) is 0 Å². The van der Waals surface area contributed by atoms with Crippen molar-refractivity contribution in [1.82, 2.24) is 10.3 Å². The topological polar surface area (TPSA) is 44.7 Å². The smallest absolute Gasteiger partial charge is 0.253 e. The monoisotopic (exact) mass is 305 g/mol. The summed E-state index contributed by atoms with van der Waals surface area (Å²) in [6.07, 6.45) is 1.88. The number of nitrogens with one attached hydrogen (secondary N) is 1. The molecular formula is C16H23N3OS. The Bertz CT molecular complexity index is 503. The standard InChI is InChI=1S/C16H23N3OS/c1-12-4-6-15(7-5-12)21-13(2)16(20)18-17-14-8-10-19(3)11-9-14/h4-7,13H,8-11H2,1-3H3,(H,18,20)/t13-/m1/s1. The van der Waals surface area contributed by atoms with E-state index in [0.717, 1.165) is 36.5 Å². The molecule has 0 unspecified atom stereocenters. The van der Waals surface area contributed by atoms with Gasteiger partial charge in [0.2, 0.25) is 0 Å². The molecule has 0 radical (unpaired) electrons. The number of likely N-dealkylation sites (tertiary alicyclic amines) is 1. The first-order valence-corrected chi connectivity index (χ1v) is 8.19. The first kappa shape index (κ1) is 16.0. The number of rotatable bonds is 4. The molecule has 1 aromatic rings. The number of carbonyl (C=O) groups is 1. The van der Waals surface area contributed by atoms with Crippen LogP contribution in [0.2, 0.25) is 0 Å². The Morgan fingerprint density at radius 2 is 1.90 bits per heavy atom. The minimum Gasteiger partial charge on any atom is -0.306 e. The van der Waals surface area contributed by atoms with Crippen molar-refractivity contribution in [1.29, 1.82) is 0 Å². The summed E-state index contributed by atoms with van der Waals surface area (Å²) in [4.78, 5) is 15.5. The number of nitrogens with zero attached hydrogens (tertiary/aromatic N) is 2. The number of piperidine rings is 1. The Labute approximate surface area is 131 Å². The van der Waals surface area contributed by atoms with E-state index < -0.39 is 0 Å². The van der Waals surface area contributed by atoms with Crippen LogP contribution >= 0.6 is 11.8 Å². The lowest BCUT2D eigenvalue weighted by Crippen LogP contribution is -2.33. The lowest BCUT2D eigenvalue weighted by Gasteiger charge is -2.22. The number of aryl methyl sites for hydroxylation is 1. The summed E-state index contributed by atoms with van der Waals surface area (Å²) >= 11 is 1.56. The van der Waals surface area contributed by atoms with Crippen LogP contribution in [0.4, 0.5) is 0 Å². The zero-order valence-electron chi connectivity index (χ0n) is 12.9. The summed E-state index contributed by atoms with van der Waals surface area (Å²) in [5.41, 5.74) is 5.03. The van der Waals surface area contributed by atoms with Gasteiger partial charge in [0, 0.05) is 36.5 Å². The molecule has 0 bridgehead atoms. The van der Waals surface area contributed by atoms with E-state index in [9.17, 15) is 4.79 Å². The molecule has 1 saturated heterocycles. The highest BCUT2D eigenvalue weighted by atomic mass is 32.2. The van der Waals surface area contributed by atoms with E-state index >= 15 is 0 Å². The molecule has 0 spiro atoms. The zero-order chi connectivity index (χ0) is 15.2. The van der Waals surface area contributed by atoms with Crippen LogP contribution in [0, 0.1) is 6.92 Å². The third-order valence-corrected chi connectivity index (χ3v) is 4.70. The van der Waals surface area contributed by atoms with Crippen molar-refractivity contribution in [2.24, 2.45) is 5.10 Å². The van der Waals surface area contributed by atoms with Gasteiger partial charge in [-0.05, 0) is 33.0 Å². The Morgan fingerprint density at radius 3 is 2.52 bits per heavy atom. The van der Waals surface area contributed by atoms with Gasteiger partial charge in [-0.3, -0.25) is 4.79 Å². The van der Waals surface area contributed by atoms with Crippen LogP contribution in [-0.4, -0.2) is 41.9 Å². The van der Waals surface area contributed by atoms with Crippen LogP contribution in [0.25, 0.3) is 0 Å². The van der Waals surface area contributed by atoms with Gasteiger partial charge < -0.3 is 4.90 Å². The quantitative estimate of drug-likeness (QED) is 0.687. The van der Waals surface area contributed by atoms with Gasteiger partial charge in [0.05, 0.1) is 5.25 Å². The van der Waals surface area contributed by atoms with Gasteiger partial charge in [0.1, 0.15) is 0 Å². The lowest BCUT2D eigenvalue weighted by atomic mass is 10.1. The molecule has 1 N–H and O–H groups in total. The summed E-state index contributed by atoms with van der Waals surface area (Å²) in [6.45, 7) is 6.00. The molecule has 5 heteroatoms. The number of amides is 1. The number of hydrogen-bond donors (Lipinski definition) is 1. The normalized spacial score (nSPS) is 17.4. The van der Waals surface area contributed by atoms with Gasteiger partial charge >= 0.3 is 0 Å². The van der Waals surface area contributed by atoms with E-state index in [2.05, 4.69) is 41.5 Å². The Morgan fingerprint density at radius 1 is 1.29 bits per heavy atom. The summed E-state index contributed by atoms with van der Waals surface area (Å²) in [6, 6.07) is 8.22. The SMILES string of the molecule is Cc1ccc(S[C@H](C)C(=O)NN=C2CCN(C)CC2)cc1. The third kappa shape index (κ3) is 5.17. The maximum Gasteiger partial charge on any atom is 0.253 e. The van der Waals surface area contributed by atoms with Crippen molar-refractivity contribution < 1.29 is 4.79 Å². The average Bonchev–Trinajstić information content (AvgIpc) is 2.48. The lowest BCUT2D eigenvalue weighted by molar-refractivity contribution is -0.120. The highest BCUT2D eigenvalue weighted by Gasteiger charge is 2.15. The molecule has 1 atom stereocenters. The van der Waals surface area contributed by atoms with Gasteiger partial charge in [-0.1, -0.05) is 17.7 Å². The second kappa shape index (κ2) is 7.61. The summed E-state index contributed by atoms with van der Waals surface area (Å²) in [5.74, 6) is -0.0352. The molecule has 0 saturated carbocycles. The Hall–Kier alpha value is -1.33. The largest absolute Gasteiger partial charge is 0.306 e. The molecule has 1 aliphatic heterocycles. The van der Waals surface area contributed by atoms with Crippen molar-refractivity contribution in [3.63, 3.8) is 0 Å². The highest BCUT2D eigenvalue weighted by molar-refractivity contribution is 8.00. The second-order valence-corrected chi connectivity index (χ2v) is 6.94. The van der Waals surface area contributed by atoms with E-state index in [-0.39, 0.29) is 11.2 Å². The minimum absolute atomic E-state index is 0.0352. The molecule has 21 heavy (non-hydrogen) atoms. The molecular weight excluding hydrogens is 282 g/mol. The van der Waals surface area contributed by atoms with Gasteiger partial charge in [0.25, 0.3) is 5.91 Å². The average molecular weight is 305 g/mol. The fraction of sp³-hybridized carbons (Fsp3) is 0.500. The van der Waals surface area contributed by atoms with E-state index in [1.54, 1.807) is 11.8 Å². The first-order valence-electron chi connectivity index (χ1n) is 7.32. The van der Waals surface area contributed by atoms with Gasteiger partial charge in [-0.15, -0.1) is 11.8 Å². The van der Waals surface area contributed by atoms with Crippen molar-refractivity contribution in [2.45, 2.75) is 36.8 Å². The van der Waals surface area contributed by atoms with Crippen LogP contribution in [0.15, 0.2) is 34.3 Å². The van der Waals surface area contributed by atoms with Crippen molar-refractivity contribution in [3.05, 3.63) is 29.8 Å². The van der Waals surface area contributed by atoms with Gasteiger partial charge in [0.15, 0.2) is 0 Å². The molecule has 4 nitrogen and oxygen atoms in total. The van der Waals surface area contributed by atoms with Crippen LogP contribution in [0.1, 0.15) is 25.3 Å². The molecule has 1 aromatic carbocycles. The summed E-state index contributed by atoms with van der Waals surface area (Å²) in [7, 11) is 2.11. The van der Waals surface area contributed by atoms with Crippen molar-refractivity contribution in [3.8, 4) is 0 Å². The number of hydrogen-bond acceptors (Lipinski definition) is 4. The van der Waals surface area contributed by atoms with E-state index in [4.69, 9.17) is 0 Å². The molecule has 1 aliphatic rings. The maximum absolute atomic E-state index is 12.1. The molecule has 0 aliphatic carbocycles. The van der Waals surface area contributed by atoms with Gasteiger partial charge in [-0.2, -0.15) is 5.10 Å². The Balaban J connectivity index is 1.82. The predicted molar refractivity (Wildman–Crippen MR) is 88.8 cm³/mol. The molecule has 1 heterocycles. The fourth-order valence-corrected chi connectivity index (χ4v) is 2.95. The molecule has 1 amide bonds. The van der Waals surface area contributed by atoms with Crippen LogP contribution < -0.4 is 5.43 Å². The van der Waals surface area contributed by atoms with E-state index in [1.807, 2.05) is 19.1 Å². The van der Waals surface area contributed by atoms with Crippen LogP contribution in [0.5, 0.6) is 0 Å². The Kier molecular flexibility index (Phi) is 5.82. The number of hydrazone groups is 1. The first-order chi connectivity index (χ1) is 10.0. The minimum atomic E-state index is -0.150. The molecule has 1 fully saturated rings. The van der Waals surface area contributed by atoms with Crippen molar-refractivity contribution >= 4 is 23.4 Å². The number of carbonyl (C=O) groups excluding carboxylic acids is 1. The summed E-state index contributed by atoms with van der Waals surface area (Å²) < 4.78 is 0. The number of benzene rings is 1. The fourth-order valence-electron chi connectivity index (χ4n) is 2.09. The van der Waals surface area contributed by atoms with Gasteiger partial charge in [-0.25, -0.2) is 5.43 Å². The maximum atomic E-state index is 12.1.